The van der Waals surface area contributed by atoms with Gasteiger partial charge in [-0.2, -0.15) is 0 Å². The first-order valence-corrected chi connectivity index (χ1v) is 11.4. The third-order valence-corrected chi connectivity index (χ3v) is 6.01. The van der Waals surface area contributed by atoms with Crippen molar-refractivity contribution in [1.82, 2.24) is 9.47 Å². The van der Waals surface area contributed by atoms with Gasteiger partial charge in [-0.3, -0.25) is 14.5 Å². The largest absolute Gasteiger partial charge is 0.489 e. The fourth-order valence-electron chi connectivity index (χ4n) is 4.26. The molecule has 0 saturated carbocycles. The molecule has 2 heterocycles. The maximum Gasteiger partial charge on any atom is 0.254 e. The Bertz CT molecular complexity index is 1160. The van der Waals surface area contributed by atoms with E-state index in [1.54, 1.807) is 12.3 Å². The van der Waals surface area contributed by atoms with Gasteiger partial charge in [-0.15, -0.1) is 0 Å². The summed E-state index contributed by atoms with van der Waals surface area (Å²) in [6.07, 6.45) is 3.21. The lowest BCUT2D eigenvalue weighted by Gasteiger charge is -2.30. The number of Topliss-reactive ketones (excluding diaryl/α,β-unsaturated/α-hetero) is 1. The minimum Gasteiger partial charge on any atom is -0.489 e. The van der Waals surface area contributed by atoms with Crippen molar-refractivity contribution in [2.75, 3.05) is 13.1 Å². The van der Waals surface area contributed by atoms with Crippen LogP contribution in [0.5, 0.6) is 5.75 Å². The summed E-state index contributed by atoms with van der Waals surface area (Å²) >= 11 is 0. The molecule has 0 amide bonds. The fraction of sp³-hybridized carbons (Fsp3) is 0.333. The third kappa shape index (κ3) is 6.18. The molecule has 172 valence electrons. The number of β-amino-alcohol motifs (C(OH)–C–C–N with tert-alkyl or cyclic N) is 1. The number of nitrogens with zero attached hydrogens (tertiary/aromatic N) is 2. The van der Waals surface area contributed by atoms with Crippen LogP contribution in [0.2, 0.25) is 0 Å². The maximum absolute atomic E-state index is 12.9. The number of likely N-dealkylation sites (tertiary alicyclic amines) is 1. The highest BCUT2D eigenvalue weighted by Gasteiger charge is 2.18. The van der Waals surface area contributed by atoms with Crippen LogP contribution in [-0.4, -0.2) is 39.6 Å². The molecule has 0 radical (unpaired) electrons. The molecule has 1 aromatic heterocycles. The Kier molecular flexibility index (Phi) is 7.37. The van der Waals surface area contributed by atoms with E-state index in [9.17, 15) is 14.7 Å². The van der Waals surface area contributed by atoms with Gasteiger partial charge in [-0.25, -0.2) is 0 Å². The Hall–Kier alpha value is -3.22. The van der Waals surface area contributed by atoms with E-state index in [4.69, 9.17) is 4.74 Å². The van der Waals surface area contributed by atoms with E-state index in [0.717, 1.165) is 42.6 Å². The van der Waals surface area contributed by atoms with Crippen LogP contribution in [0, 0.1) is 6.92 Å². The summed E-state index contributed by atoms with van der Waals surface area (Å²) in [5.41, 5.74) is 3.38. The molecule has 6 nitrogen and oxygen atoms in total. The van der Waals surface area contributed by atoms with E-state index < -0.39 is 0 Å². The number of ketones is 1. The highest BCUT2D eigenvalue weighted by Crippen LogP contribution is 2.18. The van der Waals surface area contributed by atoms with E-state index in [0.29, 0.717) is 24.5 Å². The van der Waals surface area contributed by atoms with Crippen molar-refractivity contribution < 1.29 is 14.6 Å². The van der Waals surface area contributed by atoms with Crippen LogP contribution in [0.25, 0.3) is 0 Å². The summed E-state index contributed by atoms with van der Waals surface area (Å²) in [5, 5.41) is 9.87. The number of hydrogen-bond donors (Lipinski definition) is 1. The Morgan fingerprint density at radius 2 is 1.91 bits per heavy atom. The number of rotatable bonds is 8. The standard InChI is InChI=1S/C27H30N2O4/c1-20-14-22(16-28-12-5-8-23(30)17-28)9-10-25(20)26(31)18-29-13-11-24(15-27(29)32)33-19-21-6-3-2-4-7-21/h2-4,6-7,9-11,13-15,23,30H,5,8,12,16-19H2,1H3/t23-/m0/s1. The second-order valence-corrected chi connectivity index (χ2v) is 8.71. The summed E-state index contributed by atoms with van der Waals surface area (Å²) in [6.45, 7) is 4.71. The normalized spacial score (nSPS) is 16.5. The average Bonchev–Trinajstić information content (AvgIpc) is 2.80. The highest BCUT2D eigenvalue weighted by atomic mass is 16.5. The summed E-state index contributed by atoms with van der Waals surface area (Å²) < 4.78 is 7.10. The molecule has 6 heteroatoms. The SMILES string of the molecule is Cc1cc(CN2CCC[C@H](O)C2)ccc1C(=O)Cn1ccc(OCc2ccccc2)cc1=O. The van der Waals surface area contributed by atoms with Gasteiger partial charge in [0.1, 0.15) is 12.4 Å². The number of aryl methyl sites for hydroxylation is 1. The first-order valence-electron chi connectivity index (χ1n) is 11.4. The van der Waals surface area contributed by atoms with Crippen molar-refractivity contribution in [2.24, 2.45) is 0 Å². The summed E-state index contributed by atoms with van der Waals surface area (Å²) in [6, 6.07) is 18.7. The number of aromatic nitrogens is 1. The van der Waals surface area contributed by atoms with E-state index in [1.807, 2.05) is 55.5 Å². The fourth-order valence-corrected chi connectivity index (χ4v) is 4.26. The molecule has 33 heavy (non-hydrogen) atoms. The van der Waals surface area contributed by atoms with Gasteiger partial charge in [0.2, 0.25) is 0 Å². The maximum atomic E-state index is 12.9. The number of pyridine rings is 1. The van der Waals surface area contributed by atoms with E-state index in [2.05, 4.69) is 4.90 Å². The number of hydrogen-bond acceptors (Lipinski definition) is 5. The van der Waals surface area contributed by atoms with Gasteiger partial charge in [-0.05, 0) is 49.1 Å². The number of aliphatic hydroxyl groups excluding tert-OH is 1. The van der Waals surface area contributed by atoms with Gasteiger partial charge in [0.15, 0.2) is 5.78 Å². The molecule has 1 N–H and O–H groups in total. The monoisotopic (exact) mass is 446 g/mol. The van der Waals surface area contributed by atoms with E-state index in [-0.39, 0.29) is 24.0 Å². The molecule has 0 aliphatic carbocycles. The van der Waals surface area contributed by atoms with Crippen LogP contribution in [0.1, 0.15) is 39.9 Å². The summed E-state index contributed by atoms with van der Waals surface area (Å²) in [7, 11) is 0. The Morgan fingerprint density at radius 3 is 2.64 bits per heavy atom. The van der Waals surface area contributed by atoms with Crippen molar-refractivity contribution in [3.63, 3.8) is 0 Å². The molecule has 0 unspecified atom stereocenters. The number of carbonyl (C=O) groups is 1. The molecule has 1 atom stereocenters. The zero-order chi connectivity index (χ0) is 23.2. The number of carbonyl (C=O) groups excluding carboxylic acids is 1. The molecule has 1 saturated heterocycles. The van der Waals surface area contributed by atoms with Gasteiger partial charge >= 0.3 is 0 Å². The average molecular weight is 447 g/mol. The molecule has 0 bridgehead atoms. The van der Waals surface area contributed by atoms with Crippen LogP contribution in [0.15, 0.2) is 71.7 Å². The van der Waals surface area contributed by atoms with Crippen molar-refractivity contribution >= 4 is 5.78 Å². The van der Waals surface area contributed by atoms with Gasteiger partial charge < -0.3 is 14.4 Å². The molecule has 4 rings (SSSR count). The van der Waals surface area contributed by atoms with Crippen LogP contribution in [-0.2, 0) is 19.7 Å². The third-order valence-electron chi connectivity index (χ3n) is 6.01. The Balaban J connectivity index is 1.37. The molecule has 1 aliphatic rings. The van der Waals surface area contributed by atoms with Crippen molar-refractivity contribution in [3.05, 3.63) is 99.5 Å². The molecular weight excluding hydrogens is 416 g/mol. The number of benzene rings is 2. The summed E-state index contributed by atoms with van der Waals surface area (Å²) in [4.78, 5) is 27.6. The molecule has 1 aliphatic heterocycles. The smallest absolute Gasteiger partial charge is 0.254 e. The lowest BCUT2D eigenvalue weighted by molar-refractivity contribution is 0.0668. The number of ether oxygens (including phenoxy) is 1. The second-order valence-electron chi connectivity index (χ2n) is 8.71. The highest BCUT2D eigenvalue weighted by molar-refractivity contribution is 5.97. The van der Waals surface area contributed by atoms with Crippen LogP contribution < -0.4 is 10.3 Å². The van der Waals surface area contributed by atoms with Crippen molar-refractivity contribution in [3.8, 4) is 5.75 Å². The van der Waals surface area contributed by atoms with Crippen LogP contribution >= 0.6 is 0 Å². The topological polar surface area (TPSA) is 71.8 Å². The van der Waals surface area contributed by atoms with Gasteiger partial charge in [0, 0.05) is 30.9 Å². The quantitative estimate of drug-likeness (QED) is 0.536. The van der Waals surface area contributed by atoms with Crippen molar-refractivity contribution in [2.45, 2.75) is 45.6 Å². The van der Waals surface area contributed by atoms with Gasteiger partial charge in [0.05, 0.1) is 12.6 Å². The molecule has 3 aromatic rings. The zero-order valence-corrected chi connectivity index (χ0v) is 18.9. The van der Waals surface area contributed by atoms with Crippen molar-refractivity contribution in [1.29, 1.82) is 0 Å². The van der Waals surface area contributed by atoms with Crippen LogP contribution in [0.4, 0.5) is 0 Å². The molecular formula is C27H30N2O4. The van der Waals surface area contributed by atoms with Crippen LogP contribution in [0.3, 0.4) is 0 Å². The predicted molar refractivity (Wildman–Crippen MR) is 128 cm³/mol. The zero-order valence-electron chi connectivity index (χ0n) is 18.9. The minimum atomic E-state index is -0.271. The van der Waals surface area contributed by atoms with E-state index >= 15 is 0 Å². The molecule has 0 spiro atoms. The minimum absolute atomic E-state index is 0.0176. The van der Waals surface area contributed by atoms with E-state index in [1.165, 1.54) is 10.6 Å². The number of aliphatic hydroxyl groups is 1. The Labute approximate surface area is 194 Å². The number of piperidine rings is 1. The predicted octanol–water partition coefficient (Wildman–Crippen LogP) is 3.58. The van der Waals surface area contributed by atoms with Gasteiger partial charge in [0.25, 0.3) is 5.56 Å². The molecule has 1 fully saturated rings. The first-order chi connectivity index (χ1) is 16.0. The second kappa shape index (κ2) is 10.6. The van der Waals surface area contributed by atoms with Gasteiger partial charge in [-0.1, -0.05) is 48.5 Å². The lowest BCUT2D eigenvalue weighted by atomic mass is 10.0. The first kappa shape index (κ1) is 23.0. The Morgan fingerprint density at radius 1 is 1.09 bits per heavy atom. The lowest BCUT2D eigenvalue weighted by Crippen LogP contribution is -2.37. The molecule has 2 aromatic carbocycles. The summed E-state index contributed by atoms with van der Waals surface area (Å²) in [5.74, 6) is 0.378.